The molecular formula is C15H20BrNO2. The molecule has 0 radical (unpaired) electrons. The van der Waals surface area contributed by atoms with Crippen molar-refractivity contribution in [1.82, 2.24) is 4.90 Å². The van der Waals surface area contributed by atoms with E-state index in [1.165, 1.54) is 0 Å². The second-order valence-corrected chi connectivity index (χ2v) is 6.14. The van der Waals surface area contributed by atoms with Crippen LogP contribution in [-0.2, 0) is 0 Å². The van der Waals surface area contributed by atoms with Crippen LogP contribution in [0.3, 0.4) is 0 Å². The summed E-state index contributed by atoms with van der Waals surface area (Å²) in [6.07, 6.45) is 1.04. The van der Waals surface area contributed by atoms with Gasteiger partial charge in [-0.2, -0.15) is 0 Å². The van der Waals surface area contributed by atoms with Gasteiger partial charge in [-0.25, -0.2) is 0 Å². The standard InChI is InChI=1S/C15H20BrNO2/c1-3-19-14-7-5-4-6-12(14)15(18)17-9-8-11(2)13(16)10-17/h4-7,11,13H,3,8-10H2,1-2H3. The van der Waals surface area contributed by atoms with Crippen LogP contribution in [0.25, 0.3) is 0 Å². The van der Waals surface area contributed by atoms with Gasteiger partial charge in [0.25, 0.3) is 5.91 Å². The third-order valence-electron chi connectivity index (χ3n) is 3.57. The number of carbonyl (C=O) groups excluding carboxylic acids is 1. The van der Waals surface area contributed by atoms with Crippen LogP contribution in [-0.4, -0.2) is 35.3 Å². The molecule has 0 saturated carbocycles. The van der Waals surface area contributed by atoms with Crippen molar-refractivity contribution in [2.24, 2.45) is 5.92 Å². The molecule has 2 unspecified atom stereocenters. The Morgan fingerprint density at radius 3 is 2.89 bits per heavy atom. The average Bonchev–Trinajstić information content (AvgIpc) is 2.42. The summed E-state index contributed by atoms with van der Waals surface area (Å²) in [5.41, 5.74) is 0.665. The monoisotopic (exact) mass is 325 g/mol. The van der Waals surface area contributed by atoms with E-state index >= 15 is 0 Å². The molecule has 1 aromatic rings. The van der Waals surface area contributed by atoms with Crippen molar-refractivity contribution < 1.29 is 9.53 Å². The van der Waals surface area contributed by atoms with E-state index in [2.05, 4.69) is 22.9 Å². The average molecular weight is 326 g/mol. The van der Waals surface area contributed by atoms with Crippen molar-refractivity contribution in [3.05, 3.63) is 29.8 Å². The van der Waals surface area contributed by atoms with Crippen LogP contribution >= 0.6 is 15.9 Å². The topological polar surface area (TPSA) is 29.5 Å². The Morgan fingerprint density at radius 2 is 2.21 bits per heavy atom. The van der Waals surface area contributed by atoms with Gasteiger partial charge in [-0.05, 0) is 31.4 Å². The molecule has 0 bridgehead atoms. The van der Waals surface area contributed by atoms with Gasteiger partial charge in [0, 0.05) is 17.9 Å². The highest BCUT2D eigenvalue weighted by Crippen LogP contribution is 2.26. The first-order valence-corrected chi connectivity index (χ1v) is 7.70. The number of rotatable bonds is 3. The first kappa shape index (κ1) is 14.4. The molecule has 1 saturated heterocycles. The molecule has 104 valence electrons. The van der Waals surface area contributed by atoms with Gasteiger partial charge in [-0.3, -0.25) is 4.79 Å². The van der Waals surface area contributed by atoms with Crippen molar-refractivity contribution >= 4 is 21.8 Å². The van der Waals surface area contributed by atoms with Crippen molar-refractivity contribution in [2.75, 3.05) is 19.7 Å². The molecule has 0 N–H and O–H groups in total. The highest BCUT2D eigenvalue weighted by Gasteiger charge is 2.28. The molecule has 2 atom stereocenters. The fourth-order valence-corrected chi connectivity index (χ4v) is 2.92. The maximum absolute atomic E-state index is 12.6. The predicted octanol–water partition coefficient (Wildman–Crippen LogP) is 3.33. The number of amides is 1. The zero-order chi connectivity index (χ0) is 13.8. The van der Waals surface area contributed by atoms with Crippen LogP contribution in [0.1, 0.15) is 30.6 Å². The second kappa shape index (κ2) is 6.42. The number of halogens is 1. The van der Waals surface area contributed by atoms with E-state index in [1.807, 2.05) is 36.1 Å². The minimum Gasteiger partial charge on any atom is -0.493 e. The van der Waals surface area contributed by atoms with E-state index in [1.54, 1.807) is 0 Å². The Balaban J connectivity index is 2.15. The molecule has 1 amide bonds. The Labute approximate surface area is 123 Å². The number of para-hydroxylation sites is 1. The normalized spacial score (nSPS) is 23.2. The van der Waals surface area contributed by atoms with Gasteiger partial charge < -0.3 is 9.64 Å². The number of benzene rings is 1. The molecule has 1 aromatic carbocycles. The first-order chi connectivity index (χ1) is 9.13. The summed E-state index contributed by atoms with van der Waals surface area (Å²) in [5.74, 6) is 1.37. The quantitative estimate of drug-likeness (QED) is 0.798. The minimum absolute atomic E-state index is 0.0698. The van der Waals surface area contributed by atoms with E-state index in [0.717, 1.165) is 19.5 Å². The van der Waals surface area contributed by atoms with E-state index in [-0.39, 0.29) is 5.91 Å². The molecule has 0 aliphatic carbocycles. The number of hydrogen-bond acceptors (Lipinski definition) is 2. The number of alkyl halides is 1. The molecule has 1 aliphatic heterocycles. The number of ether oxygens (including phenoxy) is 1. The molecule has 4 heteroatoms. The minimum atomic E-state index is 0.0698. The molecule has 2 rings (SSSR count). The fourth-order valence-electron chi connectivity index (χ4n) is 2.30. The van der Waals surface area contributed by atoms with Gasteiger partial charge in [0.1, 0.15) is 5.75 Å². The largest absolute Gasteiger partial charge is 0.493 e. The van der Waals surface area contributed by atoms with Gasteiger partial charge in [-0.15, -0.1) is 0 Å². The summed E-state index contributed by atoms with van der Waals surface area (Å²) < 4.78 is 5.54. The lowest BCUT2D eigenvalue weighted by Crippen LogP contribution is -2.43. The maximum Gasteiger partial charge on any atom is 0.257 e. The van der Waals surface area contributed by atoms with Gasteiger partial charge in [0.05, 0.1) is 12.2 Å². The van der Waals surface area contributed by atoms with Crippen molar-refractivity contribution in [3.63, 3.8) is 0 Å². The first-order valence-electron chi connectivity index (χ1n) is 6.78. The number of piperidine rings is 1. The molecule has 0 spiro atoms. The summed E-state index contributed by atoms with van der Waals surface area (Å²) in [7, 11) is 0. The van der Waals surface area contributed by atoms with Crippen molar-refractivity contribution in [2.45, 2.75) is 25.1 Å². The Kier molecular flexibility index (Phi) is 4.86. The molecule has 1 fully saturated rings. The van der Waals surface area contributed by atoms with E-state index < -0.39 is 0 Å². The van der Waals surface area contributed by atoms with Gasteiger partial charge in [0.15, 0.2) is 0 Å². The van der Waals surface area contributed by atoms with Gasteiger partial charge in [-0.1, -0.05) is 35.0 Å². The van der Waals surface area contributed by atoms with Crippen molar-refractivity contribution in [1.29, 1.82) is 0 Å². The van der Waals surface area contributed by atoms with E-state index in [4.69, 9.17) is 4.74 Å². The lowest BCUT2D eigenvalue weighted by atomic mass is 9.98. The molecule has 3 nitrogen and oxygen atoms in total. The van der Waals surface area contributed by atoms with Crippen LogP contribution in [0, 0.1) is 5.92 Å². The van der Waals surface area contributed by atoms with Crippen LogP contribution in [0.4, 0.5) is 0 Å². The molecule has 1 heterocycles. The smallest absolute Gasteiger partial charge is 0.257 e. The summed E-state index contributed by atoms with van der Waals surface area (Å²) in [5, 5.41) is 0. The van der Waals surface area contributed by atoms with E-state index in [0.29, 0.717) is 28.7 Å². The van der Waals surface area contributed by atoms with Gasteiger partial charge in [0.2, 0.25) is 0 Å². The Morgan fingerprint density at radius 1 is 1.47 bits per heavy atom. The third-order valence-corrected chi connectivity index (χ3v) is 4.76. The SMILES string of the molecule is CCOc1ccccc1C(=O)N1CCC(C)C(Br)C1. The maximum atomic E-state index is 12.6. The Hall–Kier alpha value is -1.03. The zero-order valence-electron chi connectivity index (χ0n) is 11.4. The van der Waals surface area contributed by atoms with Crippen LogP contribution in [0.2, 0.25) is 0 Å². The summed E-state index contributed by atoms with van der Waals surface area (Å²) >= 11 is 3.66. The summed E-state index contributed by atoms with van der Waals surface area (Å²) in [6, 6.07) is 7.48. The zero-order valence-corrected chi connectivity index (χ0v) is 13.0. The molecule has 1 aliphatic rings. The highest BCUT2D eigenvalue weighted by molar-refractivity contribution is 9.09. The number of carbonyl (C=O) groups is 1. The fraction of sp³-hybridized carbons (Fsp3) is 0.533. The van der Waals surface area contributed by atoms with E-state index in [9.17, 15) is 4.79 Å². The van der Waals surface area contributed by atoms with Crippen molar-refractivity contribution in [3.8, 4) is 5.75 Å². The number of nitrogens with zero attached hydrogens (tertiary/aromatic N) is 1. The summed E-state index contributed by atoms with van der Waals surface area (Å²) in [6.45, 7) is 6.30. The highest BCUT2D eigenvalue weighted by atomic mass is 79.9. The Bertz CT molecular complexity index is 450. The lowest BCUT2D eigenvalue weighted by Gasteiger charge is -2.34. The predicted molar refractivity (Wildman–Crippen MR) is 80.0 cm³/mol. The van der Waals surface area contributed by atoms with Crippen LogP contribution in [0.15, 0.2) is 24.3 Å². The molecule has 0 aromatic heterocycles. The summed E-state index contributed by atoms with van der Waals surface area (Å²) in [4.78, 5) is 14.9. The lowest BCUT2D eigenvalue weighted by molar-refractivity contribution is 0.0702. The second-order valence-electron chi connectivity index (χ2n) is 4.96. The number of likely N-dealkylation sites (tertiary alicyclic amines) is 1. The molecule has 19 heavy (non-hydrogen) atoms. The van der Waals surface area contributed by atoms with Crippen LogP contribution < -0.4 is 4.74 Å². The molecular weight excluding hydrogens is 306 g/mol. The number of hydrogen-bond donors (Lipinski definition) is 0. The van der Waals surface area contributed by atoms with Gasteiger partial charge >= 0.3 is 0 Å². The third kappa shape index (κ3) is 3.30. The van der Waals surface area contributed by atoms with Crippen LogP contribution in [0.5, 0.6) is 5.75 Å².